The summed E-state index contributed by atoms with van der Waals surface area (Å²) in [5.74, 6) is 0. The zero-order chi connectivity index (χ0) is 8.32. The summed E-state index contributed by atoms with van der Waals surface area (Å²) in [7, 11) is 0. The molecule has 1 fully saturated rings. The first-order valence-electron chi connectivity index (χ1n) is 3.97. The van der Waals surface area contributed by atoms with Gasteiger partial charge >= 0.3 is 0 Å². The summed E-state index contributed by atoms with van der Waals surface area (Å²) >= 11 is 0. The summed E-state index contributed by atoms with van der Waals surface area (Å²) in [6, 6.07) is 0. The van der Waals surface area contributed by atoms with E-state index in [0.717, 1.165) is 30.7 Å². The monoisotopic (exact) mass is 154 g/mol. The van der Waals surface area contributed by atoms with Crippen LogP contribution in [0.5, 0.6) is 0 Å². The number of aliphatic hydroxyl groups is 1. The molecule has 1 saturated heterocycles. The van der Waals surface area contributed by atoms with Crippen LogP contribution in [0.15, 0.2) is 25.3 Å². The van der Waals surface area contributed by atoms with E-state index in [1.165, 1.54) is 0 Å². The Labute approximate surface area is 68.0 Å². The average Bonchev–Trinajstić information content (AvgIpc) is 1.86. The Morgan fingerprint density at radius 1 is 1.27 bits per heavy atom. The molecule has 0 aromatic rings. The molecule has 1 aliphatic rings. The second-order valence-corrected chi connectivity index (χ2v) is 3.30. The molecule has 2 heteroatoms. The Bertz CT molecular complexity index is 147. The normalized spacial score (nSPS) is 22.3. The van der Waals surface area contributed by atoms with Gasteiger partial charge in [-0.3, -0.25) is 0 Å². The Balaban J connectivity index is 2.45. The number of hydrogen-bond acceptors (Lipinski definition) is 1. The standard InChI is InChI=1S/C9H16NO/c1-3-5-10(6-4-2)7-9(11)8-10/h3-4,9,11H,1-2,5-8H2/q+1. The zero-order valence-electron chi connectivity index (χ0n) is 6.87. The van der Waals surface area contributed by atoms with Crippen LogP contribution in [0.3, 0.4) is 0 Å². The highest BCUT2D eigenvalue weighted by Crippen LogP contribution is 2.19. The molecular formula is C9H16NO+. The SMILES string of the molecule is C=CC[N+]1(CC=C)CC(O)C1. The van der Waals surface area contributed by atoms with Crippen molar-refractivity contribution in [3.63, 3.8) is 0 Å². The lowest BCUT2D eigenvalue weighted by atomic mass is 10.1. The first-order valence-corrected chi connectivity index (χ1v) is 3.97. The number of likely N-dealkylation sites (tertiary alicyclic amines) is 1. The number of aliphatic hydroxyl groups excluding tert-OH is 1. The minimum absolute atomic E-state index is 0.102. The summed E-state index contributed by atoms with van der Waals surface area (Å²) in [5.41, 5.74) is 0. The molecule has 0 atom stereocenters. The van der Waals surface area contributed by atoms with E-state index in [9.17, 15) is 0 Å². The molecule has 0 radical (unpaired) electrons. The molecule has 1 rings (SSSR count). The molecule has 0 amide bonds. The molecule has 2 nitrogen and oxygen atoms in total. The smallest absolute Gasteiger partial charge is 0.152 e. The maximum absolute atomic E-state index is 9.15. The van der Waals surface area contributed by atoms with Gasteiger partial charge in [0.05, 0.1) is 13.1 Å². The Morgan fingerprint density at radius 3 is 2.00 bits per heavy atom. The van der Waals surface area contributed by atoms with Crippen molar-refractivity contribution in [1.29, 1.82) is 0 Å². The Kier molecular flexibility index (Phi) is 2.47. The number of nitrogens with zero attached hydrogens (tertiary/aromatic N) is 1. The van der Waals surface area contributed by atoms with Crippen LogP contribution in [-0.4, -0.2) is 41.9 Å². The van der Waals surface area contributed by atoms with Gasteiger partial charge in [0.15, 0.2) is 6.10 Å². The zero-order valence-corrected chi connectivity index (χ0v) is 6.87. The van der Waals surface area contributed by atoms with Crippen molar-refractivity contribution in [2.24, 2.45) is 0 Å². The molecule has 0 aromatic carbocycles. The molecule has 62 valence electrons. The lowest BCUT2D eigenvalue weighted by Gasteiger charge is -2.47. The van der Waals surface area contributed by atoms with Crippen molar-refractivity contribution in [3.05, 3.63) is 25.3 Å². The van der Waals surface area contributed by atoms with Crippen LogP contribution in [0.1, 0.15) is 0 Å². The van der Waals surface area contributed by atoms with Gasteiger partial charge in [0.1, 0.15) is 13.1 Å². The fraction of sp³-hybridized carbons (Fsp3) is 0.556. The summed E-state index contributed by atoms with van der Waals surface area (Å²) in [6.45, 7) is 11.0. The third-order valence-electron chi connectivity index (χ3n) is 2.23. The van der Waals surface area contributed by atoms with Crippen molar-refractivity contribution in [2.45, 2.75) is 6.10 Å². The van der Waals surface area contributed by atoms with Gasteiger partial charge in [0, 0.05) is 0 Å². The van der Waals surface area contributed by atoms with Crippen molar-refractivity contribution >= 4 is 0 Å². The molecule has 0 saturated carbocycles. The van der Waals surface area contributed by atoms with Gasteiger partial charge in [0.25, 0.3) is 0 Å². The van der Waals surface area contributed by atoms with Crippen LogP contribution < -0.4 is 0 Å². The van der Waals surface area contributed by atoms with Gasteiger partial charge in [-0.1, -0.05) is 13.2 Å². The van der Waals surface area contributed by atoms with Crippen molar-refractivity contribution in [1.82, 2.24) is 0 Å². The predicted octanol–water partition coefficient (Wildman–Crippen LogP) is 0.550. The second-order valence-electron chi connectivity index (χ2n) is 3.30. The maximum atomic E-state index is 9.15. The van der Waals surface area contributed by atoms with Crippen LogP contribution in [0.25, 0.3) is 0 Å². The largest absolute Gasteiger partial charge is 0.382 e. The fourth-order valence-electron chi connectivity index (χ4n) is 1.76. The maximum Gasteiger partial charge on any atom is 0.152 e. The summed E-state index contributed by atoms with van der Waals surface area (Å²) in [6.07, 6.45) is 3.72. The molecular weight excluding hydrogens is 138 g/mol. The van der Waals surface area contributed by atoms with Crippen LogP contribution in [0.4, 0.5) is 0 Å². The lowest BCUT2D eigenvalue weighted by Crippen LogP contribution is -2.66. The highest BCUT2D eigenvalue weighted by Gasteiger charge is 2.40. The number of rotatable bonds is 4. The molecule has 0 spiro atoms. The highest BCUT2D eigenvalue weighted by molar-refractivity contribution is 4.78. The first-order chi connectivity index (χ1) is 5.22. The van der Waals surface area contributed by atoms with E-state index in [-0.39, 0.29) is 6.10 Å². The van der Waals surface area contributed by atoms with Crippen molar-refractivity contribution in [2.75, 3.05) is 26.2 Å². The minimum Gasteiger partial charge on any atom is -0.382 e. The summed E-state index contributed by atoms with van der Waals surface area (Å²) in [4.78, 5) is 0. The molecule has 1 aliphatic heterocycles. The van der Waals surface area contributed by atoms with E-state index in [2.05, 4.69) is 13.2 Å². The first kappa shape index (κ1) is 8.50. The lowest BCUT2D eigenvalue weighted by molar-refractivity contribution is -0.962. The van der Waals surface area contributed by atoms with Crippen molar-refractivity contribution < 1.29 is 9.59 Å². The third kappa shape index (κ3) is 1.70. The topological polar surface area (TPSA) is 20.2 Å². The van der Waals surface area contributed by atoms with Gasteiger partial charge in [-0.2, -0.15) is 0 Å². The quantitative estimate of drug-likeness (QED) is 0.463. The van der Waals surface area contributed by atoms with E-state index < -0.39 is 0 Å². The van der Waals surface area contributed by atoms with Crippen LogP contribution >= 0.6 is 0 Å². The molecule has 0 bridgehead atoms. The summed E-state index contributed by atoms with van der Waals surface area (Å²) in [5, 5.41) is 9.15. The molecule has 0 unspecified atom stereocenters. The summed E-state index contributed by atoms with van der Waals surface area (Å²) < 4.78 is 0.939. The van der Waals surface area contributed by atoms with Crippen LogP contribution in [0.2, 0.25) is 0 Å². The predicted molar refractivity (Wildman–Crippen MR) is 46.1 cm³/mol. The van der Waals surface area contributed by atoms with Gasteiger partial charge in [0.2, 0.25) is 0 Å². The molecule has 11 heavy (non-hydrogen) atoms. The second kappa shape index (κ2) is 3.20. The number of hydrogen-bond donors (Lipinski definition) is 1. The van der Waals surface area contributed by atoms with Gasteiger partial charge in [-0.25, -0.2) is 0 Å². The van der Waals surface area contributed by atoms with E-state index in [1.54, 1.807) is 0 Å². The average molecular weight is 154 g/mol. The van der Waals surface area contributed by atoms with Gasteiger partial charge in [-0.05, 0) is 12.2 Å². The van der Waals surface area contributed by atoms with Crippen LogP contribution in [-0.2, 0) is 0 Å². The minimum atomic E-state index is -0.102. The Morgan fingerprint density at radius 2 is 1.73 bits per heavy atom. The third-order valence-corrected chi connectivity index (χ3v) is 2.23. The van der Waals surface area contributed by atoms with E-state index in [1.807, 2.05) is 12.2 Å². The molecule has 0 aromatic heterocycles. The molecule has 1 N–H and O–H groups in total. The molecule has 0 aliphatic carbocycles. The van der Waals surface area contributed by atoms with E-state index >= 15 is 0 Å². The fourth-order valence-corrected chi connectivity index (χ4v) is 1.76. The highest BCUT2D eigenvalue weighted by atomic mass is 16.3. The van der Waals surface area contributed by atoms with Crippen LogP contribution in [0, 0.1) is 0 Å². The van der Waals surface area contributed by atoms with E-state index in [4.69, 9.17) is 5.11 Å². The van der Waals surface area contributed by atoms with Gasteiger partial charge in [-0.15, -0.1) is 0 Å². The van der Waals surface area contributed by atoms with Gasteiger partial charge < -0.3 is 9.59 Å². The van der Waals surface area contributed by atoms with E-state index in [0.29, 0.717) is 0 Å². The van der Waals surface area contributed by atoms with Crippen molar-refractivity contribution in [3.8, 4) is 0 Å². The molecule has 1 heterocycles. The Hall–Kier alpha value is -0.600. The number of quaternary nitrogens is 1.